The minimum Gasteiger partial charge on any atom is -0.497 e. The first-order valence-corrected chi connectivity index (χ1v) is 7.08. The Labute approximate surface area is 124 Å². The number of fused-ring (bicyclic) bond motifs is 1. The number of nitrogens with one attached hydrogen (secondary N) is 1. The Morgan fingerprint density at radius 3 is 2.90 bits per heavy atom. The third-order valence-corrected chi connectivity index (χ3v) is 3.93. The Morgan fingerprint density at radius 2 is 2.10 bits per heavy atom. The molecule has 3 nitrogen and oxygen atoms in total. The molecule has 0 spiro atoms. The second-order valence-corrected chi connectivity index (χ2v) is 5.33. The summed E-state index contributed by atoms with van der Waals surface area (Å²) >= 11 is 0. The first-order valence-electron chi connectivity index (χ1n) is 7.08. The van der Waals surface area contributed by atoms with Crippen molar-refractivity contribution in [3.8, 4) is 5.75 Å². The molecule has 2 aromatic carbocycles. The zero-order valence-corrected chi connectivity index (χ0v) is 12.3. The highest BCUT2D eigenvalue weighted by atomic mass is 19.1. The van der Waals surface area contributed by atoms with Gasteiger partial charge in [-0.15, -0.1) is 0 Å². The van der Waals surface area contributed by atoms with Gasteiger partial charge in [0.25, 0.3) is 0 Å². The first-order chi connectivity index (χ1) is 10.2. The number of benzene rings is 2. The lowest BCUT2D eigenvalue weighted by molar-refractivity contribution is 0.414. The number of ether oxygens (including phenoxy) is 1. The van der Waals surface area contributed by atoms with E-state index in [1.165, 1.54) is 17.3 Å². The van der Waals surface area contributed by atoms with E-state index < -0.39 is 0 Å². The van der Waals surface area contributed by atoms with Gasteiger partial charge < -0.3 is 15.0 Å². The highest BCUT2D eigenvalue weighted by Gasteiger charge is 2.15. The number of hydrogen-bond acceptors (Lipinski definition) is 3. The fourth-order valence-corrected chi connectivity index (χ4v) is 2.69. The van der Waals surface area contributed by atoms with E-state index in [-0.39, 0.29) is 5.82 Å². The summed E-state index contributed by atoms with van der Waals surface area (Å²) in [6, 6.07) is 11.1. The van der Waals surface area contributed by atoms with Crippen LogP contribution >= 0.6 is 0 Å². The zero-order chi connectivity index (χ0) is 14.8. The van der Waals surface area contributed by atoms with Gasteiger partial charge in [-0.3, -0.25) is 0 Å². The molecule has 2 aromatic rings. The van der Waals surface area contributed by atoms with Crippen molar-refractivity contribution in [2.75, 3.05) is 30.9 Å². The van der Waals surface area contributed by atoms with Crippen molar-refractivity contribution in [2.45, 2.75) is 13.0 Å². The highest BCUT2D eigenvalue weighted by Crippen LogP contribution is 2.28. The molecule has 0 aromatic heterocycles. The summed E-state index contributed by atoms with van der Waals surface area (Å²) in [5.41, 5.74) is 4.28. The Balaban J connectivity index is 1.73. The van der Waals surface area contributed by atoms with E-state index in [0.717, 1.165) is 18.5 Å². The Bertz CT molecular complexity index is 657. The van der Waals surface area contributed by atoms with Gasteiger partial charge in [-0.1, -0.05) is 12.1 Å². The van der Waals surface area contributed by atoms with E-state index in [2.05, 4.69) is 35.5 Å². The third kappa shape index (κ3) is 2.79. The quantitative estimate of drug-likeness (QED) is 0.932. The molecule has 0 atom stereocenters. The maximum Gasteiger partial charge on any atom is 0.146 e. The van der Waals surface area contributed by atoms with Crippen LogP contribution in [0.1, 0.15) is 11.1 Å². The summed E-state index contributed by atoms with van der Waals surface area (Å²) in [6.07, 6.45) is 1.08. The lowest BCUT2D eigenvalue weighted by atomic mass is 10.1. The number of rotatable bonds is 4. The molecule has 0 bridgehead atoms. The van der Waals surface area contributed by atoms with Crippen LogP contribution in [0, 0.1) is 5.82 Å². The van der Waals surface area contributed by atoms with Crippen molar-refractivity contribution in [1.29, 1.82) is 0 Å². The standard InChI is InChI=1S/C17H19FN2O/c1-20-8-7-13-9-12(3-6-17(13)20)11-19-16-10-14(21-2)4-5-15(16)18/h3-6,9-10,19H,7-8,11H2,1-2H3. The van der Waals surface area contributed by atoms with Crippen molar-refractivity contribution in [3.05, 3.63) is 53.3 Å². The Morgan fingerprint density at radius 1 is 1.24 bits per heavy atom. The van der Waals surface area contributed by atoms with Crippen molar-refractivity contribution in [2.24, 2.45) is 0 Å². The molecule has 4 heteroatoms. The molecule has 0 saturated heterocycles. The molecule has 0 saturated carbocycles. The monoisotopic (exact) mass is 286 g/mol. The molecule has 21 heavy (non-hydrogen) atoms. The van der Waals surface area contributed by atoms with Crippen LogP contribution in [0.25, 0.3) is 0 Å². The van der Waals surface area contributed by atoms with Crippen LogP contribution in [-0.2, 0) is 13.0 Å². The number of hydrogen-bond donors (Lipinski definition) is 1. The Hall–Kier alpha value is -2.23. The van der Waals surface area contributed by atoms with E-state index in [0.29, 0.717) is 18.0 Å². The number of nitrogens with zero attached hydrogens (tertiary/aromatic N) is 1. The number of halogens is 1. The van der Waals surface area contributed by atoms with E-state index in [1.807, 2.05) is 0 Å². The summed E-state index contributed by atoms with van der Waals surface area (Å²) < 4.78 is 18.9. The lowest BCUT2D eigenvalue weighted by Crippen LogP contribution is -2.12. The maximum absolute atomic E-state index is 13.8. The topological polar surface area (TPSA) is 24.5 Å². The molecule has 0 aliphatic carbocycles. The number of anilines is 2. The molecule has 0 amide bonds. The lowest BCUT2D eigenvalue weighted by Gasteiger charge is -2.13. The second kappa shape index (κ2) is 5.64. The van der Waals surface area contributed by atoms with Crippen LogP contribution in [0.2, 0.25) is 0 Å². The van der Waals surface area contributed by atoms with E-state index in [4.69, 9.17) is 4.74 Å². The van der Waals surface area contributed by atoms with Gasteiger partial charge in [-0.05, 0) is 35.7 Å². The molecule has 0 radical (unpaired) electrons. The van der Waals surface area contributed by atoms with Crippen LogP contribution in [-0.4, -0.2) is 20.7 Å². The van der Waals surface area contributed by atoms with Crippen LogP contribution in [0.3, 0.4) is 0 Å². The van der Waals surface area contributed by atoms with E-state index >= 15 is 0 Å². The minimum atomic E-state index is -0.267. The predicted octanol–water partition coefficient (Wildman–Crippen LogP) is 3.44. The number of methoxy groups -OCH3 is 1. The third-order valence-electron chi connectivity index (χ3n) is 3.93. The normalized spacial score (nSPS) is 13.2. The molecule has 1 heterocycles. The Kier molecular flexibility index (Phi) is 3.69. The van der Waals surface area contributed by atoms with Crippen molar-refractivity contribution < 1.29 is 9.13 Å². The molecule has 1 aliphatic rings. The summed E-state index contributed by atoms with van der Waals surface area (Å²) in [4.78, 5) is 2.26. The fourth-order valence-electron chi connectivity index (χ4n) is 2.69. The molecular weight excluding hydrogens is 267 g/mol. The van der Waals surface area contributed by atoms with Gasteiger partial charge in [0.05, 0.1) is 12.8 Å². The summed E-state index contributed by atoms with van der Waals surface area (Å²) in [7, 11) is 3.68. The average Bonchev–Trinajstić information content (AvgIpc) is 2.87. The molecule has 0 fully saturated rings. The van der Waals surface area contributed by atoms with Gasteiger partial charge in [0.15, 0.2) is 0 Å². The zero-order valence-electron chi connectivity index (χ0n) is 12.3. The van der Waals surface area contributed by atoms with E-state index in [9.17, 15) is 4.39 Å². The van der Waals surface area contributed by atoms with Gasteiger partial charge in [-0.25, -0.2) is 4.39 Å². The minimum absolute atomic E-state index is 0.267. The van der Waals surface area contributed by atoms with Crippen LogP contribution < -0.4 is 15.0 Å². The average molecular weight is 286 g/mol. The molecule has 1 aliphatic heterocycles. The smallest absolute Gasteiger partial charge is 0.146 e. The molecule has 3 rings (SSSR count). The molecular formula is C17H19FN2O. The summed E-state index contributed by atoms with van der Waals surface area (Å²) in [5.74, 6) is 0.381. The van der Waals surface area contributed by atoms with Crippen LogP contribution in [0.15, 0.2) is 36.4 Å². The van der Waals surface area contributed by atoms with Gasteiger partial charge in [0, 0.05) is 31.9 Å². The van der Waals surface area contributed by atoms with Gasteiger partial charge in [0.2, 0.25) is 0 Å². The molecule has 110 valence electrons. The van der Waals surface area contributed by atoms with Crippen molar-refractivity contribution in [1.82, 2.24) is 0 Å². The van der Waals surface area contributed by atoms with Gasteiger partial charge in [0.1, 0.15) is 11.6 Å². The molecule has 1 N–H and O–H groups in total. The second-order valence-electron chi connectivity index (χ2n) is 5.33. The highest BCUT2D eigenvalue weighted by molar-refractivity contribution is 5.59. The first kappa shape index (κ1) is 13.7. The van der Waals surface area contributed by atoms with Crippen LogP contribution in [0.4, 0.5) is 15.8 Å². The van der Waals surface area contributed by atoms with Gasteiger partial charge in [-0.2, -0.15) is 0 Å². The predicted molar refractivity (Wildman–Crippen MR) is 83.7 cm³/mol. The van der Waals surface area contributed by atoms with Crippen molar-refractivity contribution in [3.63, 3.8) is 0 Å². The SMILES string of the molecule is COc1ccc(F)c(NCc2ccc3c(c2)CCN3C)c1. The maximum atomic E-state index is 13.8. The van der Waals surface area contributed by atoms with E-state index in [1.54, 1.807) is 19.2 Å². The van der Waals surface area contributed by atoms with Gasteiger partial charge >= 0.3 is 0 Å². The fraction of sp³-hybridized carbons (Fsp3) is 0.294. The van der Waals surface area contributed by atoms with Crippen LogP contribution in [0.5, 0.6) is 5.75 Å². The summed E-state index contributed by atoms with van der Waals surface area (Å²) in [5, 5.41) is 3.14. The number of likely N-dealkylation sites (N-methyl/N-ethyl adjacent to an activating group) is 1. The molecule has 0 unspecified atom stereocenters. The summed E-state index contributed by atoms with van der Waals surface area (Å²) in [6.45, 7) is 1.66. The largest absolute Gasteiger partial charge is 0.497 e. The van der Waals surface area contributed by atoms with Crippen molar-refractivity contribution >= 4 is 11.4 Å².